The number of amides is 1. The van der Waals surface area contributed by atoms with E-state index in [4.69, 9.17) is 5.11 Å². The topological polar surface area (TPSA) is 93.0 Å². The van der Waals surface area contributed by atoms with Gasteiger partial charge < -0.3 is 20.6 Å². The number of nitrogens with zero attached hydrogens (tertiary/aromatic N) is 1. The zero-order valence-electron chi connectivity index (χ0n) is 9.63. The molecule has 1 aliphatic rings. The van der Waals surface area contributed by atoms with Gasteiger partial charge in [0.15, 0.2) is 0 Å². The van der Waals surface area contributed by atoms with Crippen molar-refractivity contribution in [2.75, 3.05) is 19.7 Å². The maximum atomic E-state index is 10.9. The predicted molar refractivity (Wildman–Crippen MR) is 57.7 cm³/mol. The van der Waals surface area contributed by atoms with Gasteiger partial charge in [-0.1, -0.05) is 6.92 Å². The van der Waals surface area contributed by atoms with Crippen LogP contribution in [0.4, 0.5) is 0 Å². The second-order valence-corrected chi connectivity index (χ2v) is 4.13. The zero-order valence-corrected chi connectivity index (χ0v) is 9.63. The number of rotatable bonds is 3. The van der Waals surface area contributed by atoms with Crippen LogP contribution in [-0.4, -0.2) is 70.1 Å². The van der Waals surface area contributed by atoms with Gasteiger partial charge in [0.25, 0.3) is 0 Å². The molecular formula is C10H20N2O4. The van der Waals surface area contributed by atoms with Gasteiger partial charge in [0.05, 0.1) is 24.8 Å². The van der Waals surface area contributed by atoms with Gasteiger partial charge in [-0.15, -0.1) is 0 Å². The summed E-state index contributed by atoms with van der Waals surface area (Å²) in [6.07, 6.45) is -2.08. The lowest BCUT2D eigenvalue weighted by Crippen LogP contribution is -2.66. The molecule has 1 heterocycles. The fourth-order valence-electron chi connectivity index (χ4n) is 2.16. The molecule has 1 saturated heterocycles. The van der Waals surface area contributed by atoms with Gasteiger partial charge in [-0.2, -0.15) is 0 Å². The third kappa shape index (κ3) is 2.70. The summed E-state index contributed by atoms with van der Waals surface area (Å²) >= 11 is 0. The summed E-state index contributed by atoms with van der Waals surface area (Å²) in [5.74, 6) is -0.241. The molecule has 0 aromatic heterocycles. The fourth-order valence-corrected chi connectivity index (χ4v) is 2.16. The van der Waals surface area contributed by atoms with Gasteiger partial charge in [-0.05, 0) is 6.54 Å². The minimum Gasteiger partial charge on any atom is -0.395 e. The third-order valence-electron chi connectivity index (χ3n) is 3.04. The van der Waals surface area contributed by atoms with Crippen molar-refractivity contribution in [3.8, 4) is 0 Å². The number of hydrogen-bond acceptors (Lipinski definition) is 5. The SMILES string of the molecule is CCN1C[C@H](NC(C)=O)[C@@H](O)[C@@H](O)[C@H]1CO. The Balaban J connectivity index is 2.74. The fraction of sp³-hybridized carbons (Fsp3) is 0.900. The Kier molecular flexibility index (Phi) is 4.67. The van der Waals surface area contributed by atoms with Crippen LogP contribution >= 0.6 is 0 Å². The van der Waals surface area contributed by atoms with Gasteiger partial charge in [-0.3, -0.25) is 9.69 Å². The molecule has 0 radical (unpaired) electrons. The zero-order chi connectivity index (χ0) is 12.3. The molecule has 0 unspecified atom stereocenters. The minimum atomic E-state index is -1.05. The standard InChI is InChI=1S/C10H20N2O4/c1-3-12-4-7(11-6(2)14)9(15)10(16)8(12)5-13/h7-10,13,15-16H,3-5H2,1-2H3,(H,11,14)/t7-,8+,9+,10-/m0/s1. The van der Waals surface area contributed by atoms with Crippen LogP contribution in [0.25, 0.3) is 0 Å². The lowest BCUT2D eigenvalue weighted by Gasteiger charge is -2.44. The Morgan fingerprint density at radius 3 is 2.50 bits per heavy atom. The number of carbonyl (C=O) groups excluding carboxylic acids is 1. The summed E-state index contributed by atoms with van der Waals surface area (Å²) in [6, 6.07) is -0.958. The molecule has 1 amide bonds. The Morgan fingerprint density at radius 2 is 2.06 bits per heavy atom. The van der Waals surface area contributed by atoms with Crippen molar-refractivity contribution in [1.29, 1.82) is 0 Å². The van der Waals surface area contributed by atoms with Gasteiger partial charge in [0.1, 0.15) is 6.10 Å². The number of likely N-dealkylation sites (tertiary alicyclic amines) is 1. The molecule has 6 nitrogen and oxygen atoms in total. The van der Waals surface area contributed by atoms with E-state index in [1.54, 1.807) is 0 Å². The lowest BCUT2D eigenvalue weighted by atomic mass is 9.92. The van der Waals surface area contributed by atoms with Crippen molar-refractivity contribution in [1.82, 2.24) is 10.2 Å². The first kappa shape index (κ1) is 13.4. The normalized spacial score (nSPS) is 36.1. The van der Waals surface area contributed by atoms with Gasteiger partial charge in [-0.25, -0.2) is 0 Å². The predicted octanol–water partition coefficient (Wildman–Crippen LogP) is -2.09. The average molecular weight is 232 g/mol. The molecule has 0 saturated carbocycles. The highest BCUT2D eigenvalue weighted by molar-refractivity contribution is 5.73. The van der Waals surface area contributed by atoms with Crippen LogP contribution in [0, 0.1) is 0 Å². The van der Waals surface area contributed by atoms with E-state index in [1.165, 1.54) is 6.92 Å². The Morgan fingerprint density at radius 1 is 1.44 bits per heavy atom. The van der Waals surface area contributed by atoms with E-state index in [0.29, 0.717) is 13.1 Å². The lowest BCUT2D eigenvalue weighted by molar-refractivity contribution is -0.128. The van der Waals surface area contributed by atoms with Crippen molar-refractivity contribution in [2.24, 2.45) is 0 Å². The molecule has 0 spiro atoms. The van der Waals surface area contributed by atoms with Crippen LogP contribution in [0.3, 0.4) is 0 Å². The van der Waals surface area contributed by atoms with Crippen LogP contribution in [0.5, 0.6) is 0 Å². The number of aliphatic hydroxyl groups excluding tert-OH is 3. The van der Waals surface area contributed by atoms with Crippen molar-refractivity contribution >= 4 is 5.91 Å². The summed E-state index contributed by atoms with van der Waals surface area (Å²) < 4.78 is 0. The molecule has 6 heteroatoms. The molecule has 0 bridgehead atoms. The third-order valence-corrected chi connectivity index (χ3v) is 3.04. The number of carbonyl (C=O) groups is 1. The molecule has 4 N–H and O–H groups in total. The maximum absolute atomic E-state index is 10.9. The number of nitrogens with one attached hydrogen (secondary N) is 1. The summed E-state index contributed by atoms with van der Waals surface area (Å²) in [7, 11) is 0. The van der Waals surface area contributed by atoms with E-state index in [0.717, 1.165) is 0 Å². The first-order chi connectivity index (χ1) is 7.51. The molecule has 1 aliphatic heterocycles. The average Bonchev–Trinajstić information content (AvgIpc) is 2.24. The molecule has 4 atom stereocenters. The molecular weight excluding hydrogens is 212 g/mol. The van der Waals surface area contributed by atoms with Crippen LogP contribution in [-0.2, 0) is 4.79 Å². The Hall–Kier alpha value is -0.690. The van der Waals surface area contributed by atoms with Gasteiger partial charge in [0, 0.05) is 13.5 Å². The highest BCUT2D eigenvalue weighted by Crippen LogP contribution is 2.18. The van der Waals surface area contributed by atoms with Crippen LogP contribution in [0.1, 0.15) is 13.8 Å². The summed E-state index contributed by atoms with van der Waals surface area (Å²) in [6.45, 7) is 4.13. The minimum absolute atomic E-state index is 0.209. The Bertz CT molecular complexity index is 247. The number of aliphatic hydroxyl groups is 3. The van der Waals surface area contributed by atoms with Gasteiger partial charge in [0.2, 0.25) is 5.91 Å². The molecule has 0 aromatic carbocycles. The van der Waals surface area contributed by atoms with Crippen molar-refractivity contribution in [3.05, 3.63) is 0 Å². The second-order valence-electron chi connectivity index (χ2n) is 4.13. The van der Waals surface area contributed by atoms with Crippen molar-refractivity contribution in [2.45, 2.75) is 38.1 Å². The molecule has 0 aromatic rings. The Labute approximate surface area is 94.9 Å². The molecule has 94 valence electrons. The van der Waals surface area contributed by atoms with E-state index >= 15 is 0 Å². The maximum Gasteiger partial charge on any atom is 0.217 e. The quantitative estimate of drug-likeness (QED) is 0.448. The van der Waals surface area contributed by atoms with E-state index in [9.17, 15) is 15.0 Å². The smallest absolute Gasteiger partial charge is 0.217 e. The van der Waals surface area contributed by atoms with E-state index in [-0.39, 0.29) is 12.5 Å². The number of likely N-dealkylation sites (N-methyl/N-ethyl adjacent to an activating group) is 1. The summed E-state index contributed by atoms with van der Waals surface area (Å²) in [5, 5.41) is 31.4. The van der Waals surface area contributed by atoms with E-state index < -0.39 is 24.3 Å². The monoisotopic (exact) mass is 232 g/mol. The van der Waals surface area contributed by atoms with Gasteiger partial charge >= 0.3 is 0 Å². The summed E-state index contributed by atoms with van der Waals surface area (Å²) in [4.78, 5) is 12.8. The molecule has 16 heavy (non-hydrogen) atoms. The number of piperidine rings is 1. The molecule has 0 aliphatic carbocycles. The van der Waals surface area contributed by atoms with Crippen LogP contribution in [0.15, 0.2) is 0 Å². The van der Waals surface area contributed by atoms with E-state index in [2.05, 4.69) is 5.32 Å². The highest BCUT2D eigenvalue weighted by atomic mass is 16.3. The van der Waals surface area contributed by atoms with Crippen LogP contribution < -0.4 is 5.32 Å². The first-order valence-corrected chi connectivity index (χ1v) is 5.49. The highest BCUT2D eigenvalue weighted by Gasteiger charge is 2.41. The second kappa shape index (κ2) is 5.58. The molecule has 1 fully saturated rings. The van der Waals surface area contributed by atoms with Crippen molar-refractivity contribution < 1.29 is 20.1 Å². The van der Waals surface area contributed by atoms with E-state index in [1.807, 2.05) is 11.8 Å². The van der Waals surface area contributed by atoms with Crippen LogP contribution in [0.2, 0.25) is 0 Å². The number of hydrogen-bond donors (Lipinski definition) is 4. The molecule has 1 rings (SSSR count). The van der Waals surface area contributed by atoms with Crippen molar-refractivity contribution in [3.63, 3.8) is 0 Å². The first-order valence-electron chi connectivity index (χ1n) is 5.49. The largest absolute Gasteiger partial charge is 0.395 e. The summed E-state index contributed by atoms with van der Waals surface area (Å²) in [5.41, 5.74) is 0.